The number of alkyl halides is 2. The number of hydrogen-bond acceptors (Lipinski definition) is 5. The van der Waals surface area contributed by atoms with Gasteiger partial charge in [0.2, 0.25) is 0 Å². The van der Waals surface area contributed by atoms with Crippen LogP contribution in [0.3, 0.4) is 0 Å². The van der Waals surface area contributed by atoms with E-state index in [9.17, 15) is 18.0 Å². The summed E-state index contributed by atoms with van der Waals surface area (Å²) >= 11 is 0. The summed E-state index contributed by atoms with van der Waals surface area (Å²) in [5.74, 6) is -0.861. The van der Waals surface area contributed by atoms with Crippen LogP contribution >= 0.6 is 0 Å². The molecule has 3 atom stereocenters. The minimum atomic E-state index is -2.09. The van der Waals surface area contributed by atoms with E-state index in [1.165, 1.54) is 38.4 Å². The first-order valence-corrected chi connectivity index (χ1v) is 9.08. The van der Waals surface area contributed by atoms with E-state index in [-0.39, 0.29) is 29.3 Å². The SMILES string of the molecule is COc1ccc(C(=O)Cc2ccc(F)c([C@@]3(C)N=C(N)[C@@](C)(F)C[C@@H]3F)c2)nc1. The number of nitrogens with zero attached hydrogens (tertiary/aromatic N) is 2. The molecule has 1 aliphatic heterocycles. The number of rotatable bonds is 5. The molecular formula is C21H22F3N3O2. The molecule has 5 nitrogen and oxygen atoms in total. The van der Waals surface area contributed by atoms with Crippen LogP contribution < -0.4 is 10.5 Å². The number of aliphatic imine (C=N–C) groups is 1. The van der Waals surface area contributed by atoms with Gasteiger partial charge < -0.3 is 10.5 Å². The molecule has 0 aliphatic carbocycles. The minimum absolute atomic E-state index is 0.0698. The Labute approximate surface area is 166 Å². The monoisotopic (exact) mass is 405 g/mol. The standard InChI is InChI=1S/C21H22F3N3O2/c1-20(24)10-18(23)21(2,27-19(20)25)14-8-12(4-6-15(14)22)9-17(28)16-7-5-13(29-3)11-26-16/h4-8,11,18H,9-10H2,1-3H3,(H2,25,27)/t18-,20-,21+/m0/s1. The number of hydrogen-bond donors (Lipinski definition) is 1. The molecule has 0 radical (unpaired) electrons. The summed E-state index contributed by atoms with van der Waals surface area (Å²) in [6.07, 6.45) is -0.962. The Hall–Kier alpha value is -2.90. The van der Waals surface area contributed by atoms with E-state index in [0.29, 0.717) is 11.3 Å². The van der Waals surface area contributed by atoms with Gasteiger partial charge in [0.05, 0.1) is 13.3 Å². The van der Waals surface area contributed by atoms with Crippen LogP contribution in [0.2, 0.25) is 0 Å². The number of aromatic nitrogens is 1. The lowest BCUT2D eigenvalue weighted by molar-refractivity contribution is 0.0988. The molecule has 0 unspecified atom stereocenters. The molecule has 0 bridgehead atoms. The number of Topliss-reactive ketones (excluding diaryl/α,β-unsaturated/α-hetero) is 1. The van der Waals surface area contributed by atoms with Gasteiger partial charge in [0.25, 0.3) is 0 Å². The first-order valence-electron chi connectivity index (χ1n) is 9.08. The maximum absolute atomic E-state index is 14.8. The molecular weight excluding hydrogens is 383 g/mol. The smallest absolute Gasteiger partial charge is 0.185 e. The van der Waals surface area contributed by atoms with Gasteiger partial charge in [-0.15, -0.1) is 0 Å². The maximum atomic E-state index is 14.8. The quantitative estimate of drug-likeness (QED) is 0.770. The fourth-order valence-electron chi connectivity index (χ4n) is 3.32. The molecule has 0 saturated carbocycles. The van der Waals surface area contributed by atoms with Gasteiger partial charge in [0, 0.05) is 18.4 Å². The van der Waals surface area contributed by atoms with Gasteiger partial charge in [-0.1, -0.05) is 6.07 Å². The van der Waals surface area contributed by atoms with Gasteiger partial charge in [-0.05, 0) is 43.7 Å². The second-order valence-corrected chi connectivity index (χ2v) is 7.51. The number of methoxy groups -OCH3 is 1. The minimum Gasteiger partial charge on any atom is -0.495 e. The molecule has 0 spiro atoms. The Morgan fingerprint density at radius 1 is 1.31 bits per heavy atom. The van der Waals surface area contributed by atoms with E-state index in [4.69, 9.17) is 10.5 Å². The molecule has 2 heterocycles. The number of ketones is 1. The highest BCUT2D eigenvalue weighted by Crippen LogP contribution is 2.42. The number of nitrogens with two attached hydrogens (primary N) is 1. The van der Waals surface area contributed by atoms with Crippen molar-refractivity contribution in [3.8, 4) is 5.75 Å². The molecule has 3 rings (SSSR count). The summed E-state index contributed by atoms with van der Waals surface area (Å²) in [7, 11) is 1.49. The predicted octanol–water partition coefficient (Wildman–Crippen LogP) is 3.70. The zero-order valence-electron chi connectivity index (χ0n) is 16.4. The topological polar surface area (TPSA) is 77.6 Å². The van der Waals surface area contributed by atoms with Crippen molar-refractivity contribution in [2.24, 2.45) is 10.7 Å². The van der Waals surface area contributed by atoms with Crippen LogP contribution in [0.4, 0.5) is 13.2 Å². The van der Waals surface area contributed by atoms with Crippen molar-refractivity contribution in [3.63, 3.8) is 0 Å². The maximum Gasteiger partial charge on any atom is 0.185 e. The number of pyridine rings is 1. The molecule has 29 heavy (non-hydrogen) atoms. The van der Waals surface area contributed by atoms with Crippen molar-refractivity contribution in [1.29, 1.82) is 0 Å². The third-order valence-electron chi connectivity index (χ3n) is 5.26. The fraction of sp³-hybridized carbons (Fsp3) is 0.381. The van der Waals surface area contributed by atoms with Crippen LogP contribution in [0.25, 0.3) is 0 Å². The lowest BCUT2D eigenvalue weighted by Gasteiger charge is -2.39. The van der Waals surface area contributed by atoms with E-state index >= 15 is 0 Å². The average Bonchev–Trinajstić information content (AvgIpc) is 2.67. The predicted molar refractivity (Wildman–Crippen MR) is 103 cm³/mol. The number of carbonyl (C=O) groups is 1. The number of amidine groups is 1. The highest BCUT2D eigenvalue weighted by Gasteiger charge is 2.49. The van der Waals surface area contributed by atoms with E-state index < -0.39 is 29.6 Å². The van der Waals surface area contributed by atoms with Crippen LogP contribution in [0.1, 0.15) is 41.9 Å². The Kier molecular flexibility index (Phi) is 5.38. The van der Waals surface area contributed by atoms with Crippen molar-refractivity contribution in [3.05, 3.63) is 59.2 Å². The van der Waals surface area contributed by atoms with E-state index in [2.05, 4.69) is 9.98 Å². The van der Waals surface area contributed by atoms with Gasteiger partial charge in [0.1, 0.15) is 34.8 Å². The van der Waals surface area contributed by atoms with Crippen molar-refractivity contribution in [2.75, 3.05) is 7.11 Å². The second kappa shape index (κ2) is 7.50. The molecule has 2 N–H and O–H groups in total. The molecule has 8 heteroatoms. The van der Waals surface area contributed by atoms with Crippen LogP contribution in [0, 0.1) is 5.82 Å². The molecule has 1 aromatic carbocycles. The number of benzene rings is 1. The molecule has 154 valence electrons. The summed E-state index contributed by atoms with van der Waals surface area (Å²) in [6.45, 7) is 2.51. The largest absolute Gasteiger partial charge is 0.495 e. The molecule has 1 aliphatic rings. The summed E-state index contributed by atoms with van der Waals surface area (Å²) in [4.78, 5) is 20.5. The third-order valence-corrected chi connectivity index (χ3v) is 5.26. The molecule has 0 amide bonds. The van der Waals surface area contributed by atoms with E-state index in [1.807, 2.05) is 0 Å². The van der Waals surface area contributed by atoms with E-state index in [0.717, 1.165) is 13.0 Å². The zero-order chi connectivity index (χ0) is 21.4. The number of halogens is 3. The van der Waals surface area contributed by atoms with Crippen molar-refractivity contribution in [1.82, 2.24) is 4.98 Å². The lowest BCUT2D eigenvalue weighted by atomic mass is 9.78. The Morgan fingerprint density at radius 3 is 2.66 bits per heavy atom. The third kappa shape index (κ3) is 3.97. The van der Waals surface area contributed by atoms with Gasteiger partial charge in [-0.3, -0.25) is 9.79 Å². The fourth-order valence-corrected chi connectivity index (χ4v) is 3.32. The van der Waals surface area contributed by atoms with Crippen LogP contribution in [0.15, 0.2) is 41.5 Å². The summed E-state index contributed by atoms with van der Waals surface area (Å²) < 4.78 is 48.7. The van der Waals surface area contributed by atoms with Gasteiger partial charge in [-0.25, -0.2) is 18.2 Å². The van der Waals surface area contributed by atoms with Crippen molar-refractivity contribution < 1.29 is 22.7 Å². The number of carbonyl (C=O) groups excluding carboxylic acids is 1. The average molecular weight is 405 g/mol. The molecule has 2 aromatic rings. The van der Waals surface area contributed by atoms with Gasteiger partial charge in [-0.2, -0.15) is 0 Å². The van der Waals surface area contributed by atoms with Crippen LogP contribution in [0.5, 0.6) is 5.75 Å². The van der Waals surface area contributed by atoms with Crippen LogP contribution in [-0.4, -0.2) is 35.6 Å². The molecule has 1 aromatic heterocycles. The summed E-state index contributed by atoms with van der Waals surface area (Å²) in [5.41, 5.74) is 2.50. The highest BCUT2D eigenvalue weighted by atomic mass is 19.2. The summed E-state index contributed by atoms with van der Waals surface area (Å²) in [6, 6.07) is 7.09. The Balaban J connectivity index is 1.92. The Morgan fingerprint density at radius 2 is 2.03 bits per heavy atom. The first-order chi connectivity index (χ1) is 13.6. The van der Waals surface area contributed by atoms with Gasteiger partial charge in [0.15, 0.2) is 11.5 Å². The zero-order valence-corrected chi connectivity index (χ0v) is 16.4. The van der Waals surface area contributed by atoms with E-state index in [1.54, 1.807) is 6.07 Å². The first kappa shape index (κ1) is 20.8. The van der Waals surface area contributed by atoms with Crippen molar-refractivity contribution in [2.45, 2.75) is 44.1 Å². The van der Waals surface area contributed by atoms with Crippen LogP contribution in [-0.2, 0) is 12.0 Å². The van der Waals surface area contributed by atoms with Gasteiger partial charge >= 0.3 is 0 Å². The highest BCUT2D eigenvalue weighted by molar-refractivity contribution is 5.95. The summed E-state index contributed by atoms with van der Waals surface area (Å²) in [5, 5.41) is 0. The normalized spacial score (nSPS) is 26.7. The molecule has 0 saturated heterocycles. The second-order valence-electron chi connectivity index (χ2n) is 7.51. The number of ether oxygens (including phenoxy) is 1. The molecule has 0 fully saturated rings. The lowest BCUT2D eigenvalue weighted by Crippen LogP contribution is -2.51. The van der Waals surface area contributed by atoms with Crippen molar-refractivity contribution >= 4 is 11.6 Å². The Bertz CT molecular complexity index is 960.